The summed E-state index contributed by atoms with van der Waals surface area (Å²) in [5, 5.41) is 3.53. The summed E-state index contributed by atoms with van der Waals surface area (Å²) in [6, 6.07) is 12.1. The highest BCUT2D eigenvalue weighted by molar-refractivity contribution is 7.92. The Morgan fingerprint density at radius 2 is 1.75 bits per heavy atom. The van der Waals surface area contributed by atoms with E-state index in [4.69, 9.17) is 11.6 Å². The molecule has 1 aliphatic rings. The molecule has 1 atom stereocenters. The predicted molar refractivity (Wildman–Crippen MR) is 140 cm³/mol. The van der Waals surface area contributed by atoms with Crippen LogP contribution in [0.2, 0.25) is 5.02 Å². The zero-order valence-electron chi connectivity index (χ0n) is 20.6. The maximum atomic E-state index is 14.3. The molecule has 36 heavy (non-hydrogen) atoms. The van der Waals surface area contributed by atoms with E-state index in [1.807, 2.05) is 6.07 Å². The number of halogens is 2. The molecule has 7 nitrogen and oxygen atoms in total. The van der Waals surface area contributed by atoms with Crippen LogP contribution in [0.3, 0.4) is 0 Å². The average molecular weight is 538 g/mol. The van der Waals surface area contributed by atoms with E-state index in [0.717, 1.165) is 36.2 Å². The van der Waals surface area contributed by atoms with Gasteiger partial charge in [0.05, 0.1) is 11.9 Å². The summed E-state index contributed by atoms with van der Waals surface area (Å²) in [6.45, 7) is 1.75. The van der Waals surface area contributed by atoms with Crippen LogP contribution in [0.25, 0.3) is 0 Å². The van der Waals surface area contributed by atoms with Gasteiger partial charge >= 0.3 is 0 Å². The number of nitrogens with zero attached hydrogens (tertiary/aromatic N) is 2. The highest BCUT2D eigenvalue weighted by atomic mass is 35.5. The van der Waals surface area contributed by atoms with Gasteiger partial charge in [0, 0.05) is 30.6 Å². The Balaban J connectivity index is 1.73. The Kier molecular flexibility index (Phi) is 9.73. The number of sulfonamides is 1. The smallest absolute Gasteiger partial charge is 0.242 e. The monoisotopic (exact) mass is 537 g/mol. The molecular formula is C26H33ClFN3O4S. The number of para-hydroxylation sites is 1. The molecule has 196 valence electrons. The zero-order chi connectivity index (χ0) is 26.3. The molecular weight excluding hydrogens is 505 g/mol. The molecule has 1 N–H and O–H groups in total. The van der Waals surface area contributed by atoms with Crippen LogP contribution in [0.1, 0.15) is 51.0 Å². The van der Waals surface area contributed by atoms with Crippen molar-refractivity contribution >= 4 is 39.1 Å². The Morgan fingerprint density at radius 1 is 1.11 bits per heavy atom. The highest BCUT2D eigenvalue weighted by Gasteiger charge is 2.29. The number of hydrogen-bond acceptors (Lipinski definition) is 4. The number of amides is 2. The molecule has 3 rings (SSSR count). The lowest BCUT2D eigenvalue weighted by molar-refractivity contribution is -0.140. The molecule has 1 fully saturated rings. The minimum absolute atomic E-state index is 0.0219. The molecule has 0 heterocycles. The van der Waals surface area contributed by atoms with Crippen LogP contribution in [-0.4, -0.2) is 50.0 Å². The normalized spacial score (nSPS) is 14.9. The van der Waals surface area contributed by atoms with Crippen LogP contribution in [0, 0.1) is 5.82 Å². The number of anilines is 1. The van der Waals surface area contributed by atoms with Crippen molar-refractivity contribution in [2.75, 3.05) is 17.1 Å². The van der Waals surface area contributed by atoms with Crippen LogP contribution in [-0.2, 0) is 26.2 Å². The minimum atomic E-state index is -3.77. The Hall–Kier alpha value is -2.65. The quantitative estimate of drug-likeness (QED) is 0.457. The molecule has 10 heteroatoms. The van der Waals surface area contributed by atoms with Gasteiger partial charge < -0.3 is 10.2 Å². The second-order valence-electron chi connectivity index (χ2n) is 9.17. The fourth-order valence-electron chi connectivity index (χ4n) is 4.42. The minimum Gasteiger partial charge on any atom is -0.352 e. The van der Waals surface area contributed by atoms with E-state index < -0.39 is 21.9 Å². The fourth-order valence-corrected chi connectivity index (χ4v) is 5.58. The van der Waals surface area contributed by atoms with Crippen LogP contribution >= 0.6 is 11.6 Å². The summed E-state index contributed by atoms with van der Waals surface area (Å²) in [4.78, 5) is 27.8. The second-order valence-corrected chi connectivity index (χ2v) is 11.5. The van der Waals surface area contributed by atoms with Gasteiger partial charge in [0.25, 0.3) is 0 Å². The molecule has 0 unspecified atom stereocenters. The molecule has 0 aromatic heterocycles. The number of nitrogens with one attached hydrogen (secondary N) is 1. The molecule has 2 amide bonds. The van der Waals surface area contributed by atoms with Crippen molar-refractivity contribution in [3.63, 3.8) is 0 Å². The van der Waals surface area contributed by atoms with Crippen LogP contribution in [0.5, 0.6) is 0 Å². The summed E-state index contributed by atoms with van der Waals surface area (Å²) >= 11 is 6.33. The number of benzene rings is 2. The summed E-state index contributed by atoms with van der Waals surface area (Å²) in [6.07, 6.45) is 5.12. The summed E-state index contributed by atoms with van der Waals surface area (Å²) in [7, 11) is -3.77. The fraction of sp³-hybridized carbons (Fsp3) is 0.462. The van der Waals surface area contributed by atoms with E-state index in [9.17, 15) is 22.4 Å². The maximum absolute atomic E-state index is 14.3. The van der Waals surface area contributed by atoms with Gasteiger partial charge in [-0.1, -0.05) is 54.8 Å². The first kappa shape index (κ1) is 27.9. The number of carbonyl (C=O) groups excluding carboxylic acids is 2. The van der Waals surface area contributed by atoms with Gasteiger partial charge in [0.1, 0.15) is 11.9 Å². The predicted octanol–water partition coefficient (Wildman–Crippen LogP) is 4.50. The van der Waals surface area contributed by atoms with Gasteiger partial charge in [-0.05, 0) is 49.9 Å². The van der Waals surface area contributed by atoms with E-state index in [0.29, 0.717) is 10.6 Å². The van der Waals surface area contributed by atoms with Crippen molar-refractivity contribution in [2.24, 2.45) is 0 Å². The number of rotatable bonds is 11. The topological polar surface area (TPSA) is 86.8 Å². The molecule has 1 saturated carbocycles. The third-order valence-corrected chi connectivity index (χ3v) is 7.99. The van der Waals surface area contributed by atoms with E-state index in [2.05, 4.69) is 5.32 Å². The maximum Gasteiger partial charge on any atom is 0.242 e. The first-order valence-electron chi connectivity index (χ1n) is 12.1. The Bertz CT molecular complexity index is 1170. The summed E-state index contributed by atoms with van der Waals surface area (Å²) in [5.74, 6) is -1.20. The standard InChI is InChI=1S/C26H33ClFN3O4S/c1-19(26(33)29-21-11-4-5-12-21)30(18-20-10-3-6-13-22(20)27)25(32)16-9-17-31(36(2,34)35)24-15-8-7-14-23(24)28/h3,6-8,10,13-15,19,21H,4-5,9,11-12,16-18H2,1-2H3,(H,29,33)/t19-/m0/s1. The second kappa shape index (κ2) is 12.5. The SMILES string of the molecule is C[C@@H](C(=O)NC1CCCC1)N(Cc1ccccc1Cl)C(=O)CCCN(c1ccccc1F)S(C)(=O)=O. The van der Waals surface area contributed by atoms with Crippen molar-refractivity contribution in [1.29, 1.82) is 0 Å². The molecule has 0 aliphatic heterocycles. The van der Waals surface area contributed by atoms with Crippen molar-refractivity contribution in [2.45, 2.75) is 64.1 Å². The molecule has 0 saturated heterocycles. The van der Waals surface area contributed by atoms with Crippen LogP contribution in [0.15, 0.2) is 48.5 Å². The van der Waals surface area contributed by atoms with Gasteiger partial charge in [-0.25, -0.2) is 12.8 Å². The van der Waals surface area contributed by atoms with Gasteiger partial charge in [0.15, 0.2) is 0 Å². The largest absolute Gasteiger partial charge is 0.352 e. The molecule has 0 radical (unpaired) electrons. The average Bonchev–Trinajstić information content (AvgIpc) is 3.33. The van der Waals surface area contributed by atoms with Gasteiger partial charge in [-0.2, -0.15) is 0 Å². The van der Waals surface area contributed by atoms with E-state index in [1.165, 1.54) is 23.1 Å². The van der Waals surface area contributed by atoms with Crippen LogP contribution in [0.4, 0.5) is 10.1 Å². The number of carbonyl (C=O) groups is 2. The first-order chi connectivity index (χ1) is 17.1. The zero-order valence-corrected chi connectivity index (χ0v) is 22.2. The lowest BCUT2D eigenvalue weighted by atomic mass is 10.1. The lowest BCUT2D eigenvalue weighted by Crippen LogP contribution is -2.49. The van der Waals surface area contributed by atoms with Crippen molar-refractivity contribution in [3.8, 4) is 0 Å². The summed E-state index contributed by atoms with van der Waals surface area (Å²) in [5.41, 5.74) is 0.641. The van der Waals surface area contributed by atoms with E-state index in [1.54, 1.807) is 31.2 Å². The van der Waals surface area contributed by atoms with Crippen molar-refractivity contribution in [1.82, 2.24) is 10.2 Å². The lowest BCUT2D eigenvalue weighted by Gasteiger charge is -2.30. The Morgan fingerprint density at radius 3 is 2.39 bits per heavy atom. The molecule has 1 aliphatic carbocycles. The third-order valence-electron chi connectivity index (χ3n) is 6.44. The third kappa shape index (κ3) is 7.43. The van der Waals surface area contributed by atoms with E-state index in [-0.39, 0.29) is 49.5 Å². The van der Waals surface area contributed by atoms with Crippen LogP contribution < -0.4 is 9.62 Å². The highest BCUT2D eigenvalue weighted by Crippen LogP contribution is 2.24. The summed E-state index contributed by atoms with van der Waals surface area (Å²) < 4.78 is 39.9. The first-order valence-corrected chi connectivity index (χ1v) is 14.4. The molecule has 2 aromatic carbocycles. The molecule has 0 bridgehead atoms. The van der Waals surface area contributed by atoms with E-state index >= 15 is 0 Å². The number of hydrogen-bond donors (Lipinski definition) is 1. The van der Waals surface area contributed by atoms with Gasteiger partial charge in [0.2, 0.25) is 21.8 Å². The Labute approximate surface area is 217 Å². The van der Waals surface area contributed by atoms with Gasteiger partial charge in [-0.15, -0.1) is 0 Å². The van der Waals surface area contributed by atoms with Crippen molar-refractivity contribution in [3.05, 3.63) is 64.9 Å². The van der Waals surface area contributed by atoms with Gasteiger partial charge in [-0.3, -0.25) is 13.9 Å². The molecule has 0 spiro atoms. The molecule has 2 aromatic rings. The van der Waals surface area contributed by atoms with Crippen molar-refractivity contribution < 1.29 is 22.4 Å².